The lowest BCUT2D eigenvalue weighted by Gasteiger charge is -2.29. The van der Waals surface area contributed by atoms with Gasteiger partial charge in [0.15, 0.2) is 0 Å². The van der Waals surface area contributed by atoms with Gasteiger partial charge in [-0.2, -0.15) is 0 Å². The second kappa shape index (κ2) is 22.9. The van der Waals surface area contributed by atoms with Crippen LogP contribution in [0.1, 0.15) is 206 Å². The normalized spacial score (nSPS) is 29.4. The zero-order valence-corrected chi connectivity index (χ0v) is 30.7. The van der Waals surface area contributed by atoms with E-state index in [4.69, 9.17) is 4.74 Å². The van der Waals surface area contributed by atoms with Gasteiger partial charge < -0.3 is 4.74 Å². The average Bonchev–Trinajstić information content (AvgIpc) is 3.08. The molecule has 2 saturated carbocycles. The Balaban J connectivity index is 0.922. The van der Waals surface area contributed by atoms with Crippen molar-refractivity contribution in [1.29, 1.82) is 0 Å². The first-order valence-corrected chi connectivity index (χ1v) is 21.1. The molecule has 45 heavy (non-hydrogen) atoms. The van der Waals surface area contributed by atoms with Gasteiger partial charge in [0.2, 0.25) is 0 Å². The lowest BCUT2D eigenvalue weighted by Crippen LogP contribution is -2.15. The summed E-state index contributed by atoms with van der Waals surface area (Å²) in [7, 11) is 0. The van der Waals surface area contributed by atoms with Gasteiger partial charge in [-0.3, -0.25) is 0 Å². The minimum Gasteiger partial charge on any atom is -0.381 e. The third-order valence-corrected chi connectivity index (χ3v) is 13.1. The molecular weight excluding hydrogens is 544 g/mol. The highest BCUT2D eigenvalue weighted by Crippen LogP contribution is 2.37. The van der Waals surface area contributed by atoms with Crippen molar-refractivity contribution < 1.29 is 4.74 Å². The molecule has 0 bridgehead atoms. The Kier molecular flexibility index (Phi) is 19.0. The van der Waals surface area contributed by atoms with Crippen molar-refractivity contribution in [2.75, 3.05) is 13.2 Å². The van der Waals surface area contributed by atoms with Crippen LogP contribution in [-0.2, 0) is 4.74 Å². The third-order valence-electron chi connectivity index (χ3n) is 13.1. The van der Waals surface area contributed by atoms with Crippen LogP contribution in [0, 0.1) is 35.5 Å². The Morgan fingerprint density at radius 2 is 0.800 bits per heavy atom. The minimum absolute atomic E-state index is 0.961. The molecule has 0 N–H and O–H groups in total. The zero-order valence-electron chi connectivity index (χ0n) is 30.7. The van der Waals surface area contributed by atoms with Gasteiger partial charge in [-0.05, 0) is 99.7 Å². The minimum atomic E-state index is 0.961. The molecule has 0 heterocycles. The average molecular weight is 623 g/mol. The lowest BCUT2D eigenvalue weighted by atomic mass is 9.77. The number of hydrogen-bond acceptors (Lipinski definition) is 1. The van der Waals surface area contributed by atoms with Crippen LogP contribution < -0.4 is 0 Å². The molecule has 0 aromatic carbocycles. The molecule has 4 aliphatic rings. The van der Waals surface area contributed by atoms with Crippen LogP contribution in [0.4, 0.5) is 0 Å². The van der Waals surface area contributed by atoms with Gasteiger partial charge in [0.25, 0.3) is 0 Å². The summed E-state index contributed by atoms with van der Waals surface area (Å²) in [4.78, 5) is 0. The molecule has 4 aliphatic carbocycles. The highest BCUT2D eigenvalue weighted by Gasteiger charge is 2.23. The Hall–Kier alpha value is -0.560. The smallest absolute Gasteiger partial charge is 0.0469 e. The summed E-state index contributed by atoms with van der Waals surface area (Å²) in [6, 6.07) is 0. The van der Waals surface area contributed by atoms with Crippen molar-refractivity contribution in [3.63, 3.8) is 0 Å². The van der Waals surface area contributed by atoms with E-state index < -0.39 is 0 Å². The molecule has 2 fully saturated rings. The van der Waals surface area contributed by atoms with Crippen molar-refractivity contribution in [2.45, 2.75) is 206 Å². The third kappa shape index (κ3) is 15.5. The van der Waals surface area contributed by atoms with Crippen LogP contribution in [-0.4, -0.2) is 13.2 Å². The van der Waals surface area contributed by atoms with E-state index in [-0.39, 0.29) is 0 Å². The standard InChI is InChI=1S/C44H78O/c1-3-5-11-37-19-23-39(24-20-37)13-7-15-41-27-31-43(32-28-41)17-9-35-45-36-10-18-44-33-29-42(30-34-44)16-8-14-40-25-21-38(22-26-40)12-6-4-2/h31,33,37-42H,3-30,32,34-36H2,1-2H3. The van der Waals surface area contributed by atoms with Crippen molar-refractivity contribution in [3.8, 4) is 0 Å². The summed E-state index contributed by atoms with van der Waals surface area (Å²) >= 11 is 0. The van der Waals surface area contributed by atoms with Crippen LogP contribution in [0.2, 0.25) is 0 Å². The van der Waals surface area contributed by atoms with E-state index in [1.165, 1.54) is 193 Å². The summed E-state index contributed by atoms with van der Waals surface area (Å²) in [5, 5.41) is 0. The van der Waals surface area contributed by atoms with E-state index >= 15 is 0 Å². The molecule has 0 radical (unpaired) electrons. The molecule has 2 unspecified atom stereocenters. The zero-order chi connectivity index (χ0) is 31.4. The molecule has 1 nitrogen and oxygen atoms in total. The lowest BCUT2D eigenvalue weighted by molar-refractivity contribution is 0.129. The Morgan fingerprint density at radius 1 is 0.444 bits per heavy atom. The maximum absolute atomic E-state index is 6.08. The van der Waals surface area contributed by atoms with Gasteiger partial charge in [-0.1, -0.05) is 166 Å². The van der Waals surface area contributed by atoms with E-state index in [1.54, 1.807) is 11.1 Å². The first kappa shape index (κ1) is 37.3. The van der Waals surface area contributed by atoms with E-state index in [0.717, 1.165) is 48.7 Å². The molecule has 2 atom stereocenters. The number of unbranched alkanes of at least 4 members (excludes halogenated alkanes) is 2. The second-order valence-electron chi connectivity index (χ2n) is 16.7. The largest absolute Gasteiger partial charge is 0.381 e. The SMILES string of the molecule is CCCCC1CCC(CCCC2CC=C(CCCOCCCC3=CCC(CCCC4CCC(CCCC)CC4)CC3)CC2)CC1. The van der Waals surface area contributed by atoms with Crippen LogP contribution in [0.25, 0.3) is 0 Å². The number of hydrogen-bond donors (Lipinski definition) is 0. The van der Waals surface area contributed by atoms with Crippen molar-refractivity contribution in [2.24, 2.45) is 35.5 Å². The second-order valence-corrected chi connectivity index (χ2v) is 16.7. The molecule has 1 heteroatoms. The molecule has 0 amide bonds. The van der Waals surface area contributed by atoms with Gasteiger partial charge >= 0.3 is 0 Å². The highest BCUT2D eigenvalue weighted by atomic mass is 16.5. The Morgan fingerprint density at radius 3 is 1.13 bits per heavy atom. The van der Waals surface area contributed by atoms with Crippen molar-refractivity contribution in [3.05, 3.63) is 23.3 Å². The van der Waals surface area contributed by atoms with E-state index in [2.05, 4.69) is 26.0 Å². The van der Waals surface area contributed by atoms with E-state index in [1.807, 2.05) is 0 Å². The van der Waals surface area contributed by atoms with Gasteiger partial charge in [0.1, 0.15) is 0 Å². The molecule has 0 aliphatic heterocycles. The topological polar surface area (TPSA) is 9.23 Å². The van der Waals surface area contributed by atoms with Gasteiger partial charge in [0, 0.05) is 13.2 Å². The number of ether oxygens (including phenoxy) is 1. The Bertz CT molecular complexity index is 726. The summed E-state index contributed by atoms with van der Waals surface area (Å²) in [5.74, 6) is 6.18. The van der Waals surface area contributed by atoms with Gasteiger partial charge in [-0.25, -0.2) is 0 Å². The molecule has 0 aromatic heterocycles. The molecular formula is C44H78O. The van der Waals surface area contributed by atoms with Crippen molar-refractivity contribution in [1.82, 2.24) is 0 Å². The first-order chi connectivity index (χ1) is 22.2. The molecule has 0 aromatic rings. The molecule has 0 spiro atoms. The maximum Gasteiger partial charge on any atom is 0.0469 e. The quantitative estimate of drug-likeness (QED) is 0.0862. The van der Waals surface area contributed by atoms with Crippen molar-refractivity contribution >= 4 is 0 Å². The number of rotatable bonds is 22. The van der Waals surface area contributed by atoms with Crippen LogP contribution in [0.5, 0.6) is 0 Å². The summed E-state index contributed by atoms with van der Waals surface area (Å²) < 4.78 is 6.08. The molecule has 260 valence electrons. The number of allylic oxidation sites excluding steroid dienone is 4. The fraction of sp³-hybridized carbons (Fsp3) is 0.909. The summed E-state index contributed by atoms with van der Waals surface area (Å²) in [6.45, 7) is 6.61. The maximum atomic E-state index is 6.08. The first-order valence-electron chi connectivity index (χ1n) is 21.1. The summed E-state index contributed by atoms with van der Waals surface area (Å²) in [6.07, 6.45) is 48.5. The predicted octanol–water partition coefficient (Wildman–Crippen LogP) is 14.4. The monoisotopic (exact) mass is 623 g/mol. The Labute approximate surface area is 282 Å². The molecule has 4 rings (SSSR count). The fourth-order valence-corrected chi connectivity index (χ4v) is 9.76. The van der Waals surface area contributed by atoms with E-state index in [0.29, 0.717) is 0 Å². The summed E-state index contributed by atoms with van der Waals surface area (Å²) in [5.41, 5.74) is 3.47. The molecule has 0 saturated heterocycles. The fourth-order valence-electron chi connectivity index (χ4n) is 9.76. The van der Waals surface area contributed by atoms with Gasteiger partial charge in [0.05, 0.1) is 0 Å². The van der Waals surface area contributed by atoms with Crippen LogP contribution >= 0.6 is 0 Å². The predicted molar refractivity (Wildman–Crippen MR) is 198 cm³/mol. The highest BCUT2D eigenvalue weighted by molar-refractivity contribution is 5.07. The van der Waals surface area contributed by atoms with Crippen LogP contribution in [0.3, 0.4) is 0 Å². The van der Waals surface area contributed by atoms with Crippen LogP contribution in [0.15, 0.2) is 23.3 Å². The van der Waals surface area contributed by atoms with E-state index in [9.17, 15) is 0 Å². The van der Waals surface area contributed by atoms with Gasteiger partial charge in [-0.15, -0.1) is 0 Å².